The van der Waals surface area contributed by atoms with Gasteiger partial charge in [0, 0.05) is 13.6 Å². The molecule has 0 atom stereocenters. The molecular formula is C13H14N4O. The molecule has 92 valence electrons. The second-order valence-electron chi connectivity index (χ2n) is 4.45. The van der Waals surface area contributed by atoms with Gasteiger partial charge in [0.05, 0.1) is 23.9 Å². The molecule has 0 radical (unpaired) electrons. The van der Waals surface area contributed by atoms with Gasteiger partial charge < -0.3 is 15.2 Å². The number of hydrogen-bond donors (Lipinski definition) is 1. The fourth-order valence-corrected chi connectivity index (χ4v) is 2.39. The van der Waals surface area contributed by atoms with Gasteiger partial charge in [0.1, 0.15) is 5.69 Å². The lowest BCUT2D eigenvalue weighted by molar-refractivity contribution is 0.0981. The first-order valence-electron chi connectivity index (χ1n) is 5.84. The zero-order chi connectivity index (χ0) is 12.7. The molecule has 0 aliphatic carbocycles. The summed E-state index contributed by atoms with van der Waals surface area (Å²) in [6.45, 7) is 0.674. The summed E-state index contributed by atoms with van der Waals surface area (Å²) in [5, 5.41) is 0. The van der Waals surface area contributed by atoms with Crippen molar-refractivity contribution < 1.29 is 4.79 Å². The van der Waals surface area contributed by atoms with E-state index in [0.717, 1.165) is 17.7 Å². The van der Waals surface area contributed by atoms with E-state index in [2.05, 4.69) is 4.98 Å². The number of carbonyl (C=O) groups excluding carboxylic acids is 1. The van der Waals surface area contributed by atoms with Crippen LogP contribution in [0.5, 0.6) is 0 Å². The maximum atomic E-state index is 12.5. The standard InChI is InChI=1S/C13H14N4O/c1-16-8-15-7-11(16)13(18)17-6-5-9-3-2-4-10(14)12(9)17/h2-4,7-8H,5-6,14H2,1H3. The molecule has 5 nitrogen and oxygen atoms in total. The Bertz CT molecular complexity index is 617. The Kier molecular flexibility index (Phi) is 2.33. The van der Waals surface area contributed by atoms with Gasteiger partial charge in [-0.2, -0.15) is 0 Å². The predicted molar refractivity (Wildman–Crippen MR) is 69.4 cm³/mol. The molecule has 1 aliphatic rings. The van der Waals surface area contributed by atoms with Gasteiger partial charge in [0.25, 0.3) is 5.91 Å². The summed E-state index contributed by atoms with van der Waals surface area (Å²) >= 11 is 0. The highest BCUT2D eigenvalue weighted by Gasteiger charge is 2.28. The van der Waals surface area contributed by atoms with Gasteiger partial charge in [-0.05, 0) is 18.1 Å². The lowest BCUT2D eigenvalue weighted by atomic mass is 10.1. The molecule has 3 rings (SSSR count). The van der Waals surface area contributed by atoms with Crippen molar-refractivity contribution in [3.05, 3.63) is 42.0 Å². The first-order valence-corrected chi connectivity index (χ1v) is 5.84. The summed E-state index contributed by atoms with van der Waals surface area (Å²) in [5.41, 5.74) is 9.18. The van der Waals surface area contributed by atoms with E-state index in [4.69, 9.17) is 5.73 Å². The molecule has 0 spiro atoms. The van der Waals surface area contributed by atoms with Crippen molar-refractivity contribution in [2.45, 2.75) is 6.42 Å². The van der Waals surface area contributed by atoms with Crippen LogP contribution in [0.2, 0.25) is 0 Å². The second kappa shape index (κ2) is 3.87. The molecule has 2 N–H and O–H groups in total. The number of anilines is 2. The number of hydrogen-bond acceptors (Lipinski definition) is 3. The van der Waals surface area contributed by atoms with Crippen molar-refractivity contribution in [1.82, 2.24) is 9.55 Å². The number of nitrogens with zero attached hydrogens (tertiary/aromatic N) is 3. The third-order valence-electron chi connectivity index (χ3n) is 3.31. The number of nitrogens with two attached hydrogens (primary N) is 1. The summed E-state index contributed by atoms with van der Waals surface area (Å²) in [6, 6.07) is 5.77. The number of imidazole rings is 1. The van der Waals surface area contributed by atoms with Crippen molar-refractivity contribution in [3.63, 3.8) is 0 Å². The molecule has 2 heterocycles. The summed E-state index contributed by atoms with van der Waals surface area (Å²) < 4.78 is 1.72. The van der Waals surface area contributed by atoms with Crippen LogP contribution in [0.15, 0.2) is 30.7 Å². The summed E-state index contributed by atoms with van der Waals surface area (Å²) in [6.07, 6.45) is 4.06. The highest BCUT2D eigenvalue weighted by atomic mass is 16.2. The molecule has 0 bridgehead atoms. The van der Waals surface area contributed by atoms with E-state index < -0.39 is 0 Å². The lowest BCUT2D eigenvalue weighted by Gasteiger charge is -2.18. The maximum Gasteiger partial charge on any atom is 0.276 e. The molecule has 5 heteroatoms. The normalized spacial score (nSPS) is 13.7. The van der Waals surface area contributed by atoms with Crippen LogP contribution in [0.1, 0.15) is 16.1 Å². The number of benzene rings is 1. The second-order valence-corrected chi connectivity index (χ2v) is 4.45. The molecule has 2 aromatic rings. The Morgan fingerprint density at radius 1 is 1.44 bits per heavy atom. The van der Waals surface area contributed by atoms with Crippen LogP contribution in [0, 0.1) is 0 Å². The van der Waals surface area contributed by atoms with Crippen molar-refractivity contribution >= 4 is 17.3 Å². The molecular weight excluding hydrogens is 228 g/mol. The van der Waals surface area contributed by atoms with Crippen LogP contribution in [-0.2, 0) is 13.5 Å². The minimum atomic E-state index is -0.0494. The third kappa shape index (κ3) is 1.48. The Morgan fingerprint density at radius 2 is 2.28 bits per heavy atom. The van der Waals surface area contributed by atoms with Gasteiger partial charge in [-0.3, -0.25) is 4.79 Å². The van der Waals surface area contributed by atoms with Crippen LogP contribution in [0.4, 0.5) is 11.4 Å². The van der Waals surface area contributed by atoms with Gasteiger partial charge in [-0.15, -0.1) is 0 Å². The molecule has 0 saturated carbocycles. The zero-order valence-corrected chi connectivity index (χ0v) is 10.1. The first-order chi connectivity index (χ1) is 8.68. The fraction of sp³-hybridized carbons (Fsp3) is 0.231. The van der Waals surface area contributed by atoms with E-state index in [1.807, 2.05) is 25.2 Å². The molecule has 1 aromatic carbocycles. The minimum absolute atomic E-state index is 0.0494. The highest BCUT2D eigenvalue weighted by molar-refractivity contribution is 6.08. The summed E-state index contributed by atoms with van der Waals surface area (Å²) in [7, 11) is 1.81. The van der Waals surface area contributed by atoms with Gasteiger partial charge >= 0.3 is 0 Å². The SMILES string of the molecule is Cn1cncc1C(=O)N1CCc2cccc(N)c21. The predicted octanol–water partition coefficient (Wildman–Crippen LogP) is 1.21. The fourth-order valence-electron chi connectivity index (χ4n) is 2.39. The van der Waals surface area contributed by atoms with E-state index in [1.54, 1.807) is 22.0 Å². The number of fused-ring (bicyclic) bond motifs is 1. The van der Waals surface area contributed by atoms with Gasteiger partial charge in [-0.1, -0.05) is 12.1 Å². The number of aromatic nitrogens is 2. The zero-order valence-electron chi connectivity index (χ0n) is 10.1. The molecule has 1 aliphatic heterocycles. The number of rotatable bonds is 1. The van der Waals surface area contributed by atoms with Crippen molar-refractivity contribution in [2.24, 2.45) is 7.05 Å². The van der Waals surface area contributed by atoms with Crippen LogP contribution < -0.4 is 10.6 Å². The molecule has 0 unspecified atom stereocenters. The van der Waals surface area contributed by atoms with Crippen molar-refractivity contribution in [2.75, 3.05) is 17.2 Å². The Hall–Kier alpha value is -2.30. The topological polar surface area (TPSA) is 64.2 Å². The number of amides is 1. The average Bonchev–Trinajstić information content (AvgIpc) is 2.95. The maximum absolute atomic E-state index is 12.5. The highest BCUT2D eigenvalue weighted by Crippen LogP contribution is 2.34. The monoisotopic (exact) mass is 242 g/mol. The van der Waals surface area contributed by atoms with Crippen LogP contribution in [0.25, 0.3) is 0 Å². The van der Waals surface area contributed by atoms with Crippen LogP contribution in [-0.4, -0.2) is 22.0 Å². The number of carbonyl (C=O) groups is 1. The molecule has 0 saturated heterocycles. The van der Waals surface area contributed by atoms with E-state index in [1.165, 1.54) is 0 Å². The van der Waals surface area contributed by atoms with Gasteiger partial charge in [0.15, 0.2) is 0 Å². The van der Waals surface area contributed by atoms with E-state index >= 15 is 0 Å². The Morgan fingerprint density at radius 3 is 3.00 bits per heavy atom. The molecule has 1 aromatic heterocycles. The van der Waals surface area contributed by atoms with Crippen molar-refractivity contribution in [3.8, 4) is 0 Å². The third-order valence-corrected chi connectivity index (χ3v) is 3.31. The lowest BCUT2D eigenvalue weighted by Crippen LogP contribution is -2.30. The Balaban J connectivity index is 2.03. The number of aryl methyl sites for hydroxylation is 1. The summed E-state index contributed by atoms with van der Waals surface area (Å²) in [5.74, 6) is -0.0494. The van der Waals surface area contributed by atoms with E-state index in [-0.39, 0.29) is 5.91 Å². The molecule has 1 amide bonds. The number of nitrogen functional groups attached to an aromatic ring is 1. The van der Waals surface area contributed by atoms with Crippen molar-refractivity contribution in [1.29, 1.82) is 0 Å². The molecule has 0 fully saturated rings. The van der Waals surface area contributed by atoms with Crippen LogP contribution >= 0.6 is 0 Å². The smallest absolute Gasteiger partial charge is 0.276 e. The average molecular weight is 242 g/mol. The quantitative estimate of drug-likeness (QED) is 0.764. The Labute approximate surface area is 105 Å². The summed E-state index contributed by atoms with van der Waals surface area (Å²) in [4.78, 5) is 18.2. The van der Waals surface area contributed by atoms with Gasteiger partial charge in [-0.25, -0.2) is 4.98 Å². The minimum Gasteiger partial charge on any atom is -0.397 e. The van der Waals surface area contributed by atoms with E-state index in [9.17, 15) is 4.79 Å². The largest absolute Gasteiger partial charge is 0.397 e. The number of para-hydroxylation sites is 1. The first kappa shape index (κ1) is 10.8. The van der Waals surface area contributed by atoms with E-state index in [0.29, 0.717) is 17.9 Å². The van der Waals surface area contributed by atoms with Gasteiger partial charge in [0.2, 0.25) is 0 Å². The molecule has 18 heavy (non-hydrogen) atoms. The van der Waals surface area contributed by atoms with Crippen LogP contribution in [0.3, 0.4) is 0 Å².